The van der Waals surface area contributed by atoms with Crippen molar-refractivity contribution in [1.29, 1.82) is 0 Å². The van der Waals surface area contributed by atoms with Gasteiger partial charge < -0.3 is 10.1 Å². The van der Waals surface area contributed by atoms with Gasteiger partial charge in [-0.25, -0.2) is 0 Å². The standard InChI is InChI=1S/C19H20ClF3N2O2/c1-12-4-7-17(27-3)13(8-12)10-25(2)11-18(26)24-16-9-14(19(21,22)23)5-6-15(16)20/h4-9H,10-11H2,1-3H3,(H,24,26). The number of ether oxygens (including phenoxy) is 1. The number of methoxy groups -OCH3 is 1. The zero-order valence-electron chi connectivity index (χ0n) is 15.2. The fraction of sp³-hybridized carbons (Fsp3) is 0.316. The Kier molecular flexibility index (Phi) is 6.73. The molecule has 1 N–H and O–H groups in total. The van der Waals surface area contributed by atoms with Crippen LogP contribution < -0.4 is 10.1 Å². The van der Waals surface area contributed by atoms with E-state index in [-0.39, 0.29) is 17.3 Å². The number of benzene rings is 2. The van der Waals surface area contributed by atoms with Gasteiger partial charge in [0.25, 0.3) is 0 Å². The molecule has 0 aliphatic carbocycles. The van der Waals surface area contributed by atoms with Gasteiger partial charge in [0, 0.05) is 12.1 Å². The number of carbonyl (C=O) groups is 1. The summed E-state index contributed by atoms with van der Waals surface area (Å²) in [6.45, 7) is 2.36. The van der Waals surface area contributed by atoms with E-state index in [0.29, 0.717) is 12.3 Å². The number of alkyl halides is 3. The quantitative estimate of drug-likeness (QED) is 0.761. The molecule has 0 spiro atoms. The highest BCUT2D eigenvalue weighted by molar-refractivity contribution is 6.33. The van der Waals surface area contributed by atoms with Gasteiger partial charge in [0.2, 0.25) is 5.91 Å². The Balaban J connectivity index is 2.05. The molecule has 1 amide bonds. The lowest BCUT2D eigenvalue weighted by molar-refractivity contribution is -0.137. The molecule has 0 fully saturated rings. The Morgan fingerprint density at radius 3 is 2.56 bits per heavy atom. The number of carbonyl (C=O) groups excluding carboxylic acids is 1. The van der Waals surface area contributed by atoms with E-state index < -0.39 is 17.6 Å². The zero-order chi connectivity index (χ0) is 20.2. The SMILES string of the molecule is COc1ccc(C)cc1CN(C)CC(=O)Nc1cc(C(F)(F)F)ccc1Cl. The number of aryl methyl sites for hydroxylation is 1. The summed E-state index contributed by atoms with van der Waals surface area (Å²) in [4.78, 5) is 14.0. The predicted molar refractivity (Wildman–Crippen MR) is 99.1 cm³/mol. The van der Waals surface area contributed by atoms with Crippen molar-refractivity contribution in [3.05, 3.63) is 58.1 Å². The molecule has 0 radical (unpaired) electrons. The maximum absolute atomic E-state index is 12.8. The van der Waals surface area contributed by atoms with Crippen LogP contribution in [0, 0.1) is 6.92 Å². The number of hydrogen-bond acceptors (Lipinski definition) is 3. The highest BCUT2D eigenvalue weighted by Gasteiger charge is 2.31. The molecule has 0 aliphatic heterocycles. The molecule has 0 aromatic heterocycles. The zero-order valence-corrected chi connectivity index (χ0v) is 15.9. The van der Waals surface area contributed by atoms with Crippen LogP contribution in [-0.4, -0.2) is 31.5 Å². The molecule has 0 bridgehead atoms. The van der Waals surface area contributed by atoms with Crippen molar-refractivity contribution in [1.82, 2.24) is 4.90 Å². The Hall–Kier alpha value is -2.25. The van der Waals surface area contributed by atoms with Gasteiger partial charge in [0.1, 0.15) is 5.75 Å². The van der Waals surface area contributed by atoms with Crippen LogP contribution in [0.3, 0.4) is 0 Å². The van der Waals surface area contributed by atoms with E-state index in [1.54, 1.807) is 19.1 Å². The number of hydrogen-bond donors (Lipinski definition) is 1. The van der Waals surface area contributed by atoms with Gasteiger partial charge in [-0.1, -0.05) is 29.3 Å². The van der Waals surface area contributed by atoms with Crippen LogP contribution in [0.5, 0.6) is 5.75 Å². The monoisotopic (exact) mass is 400 g/mol. The minimum absolute atomic E-state index is 0.0241. The summed E-state index contributed by atoms with van der Waals surface area (Å²) in [5.41, 5.74) is 1.02. The molecule has 0 unspecified atom stereocenters. The number of halogens is 4. The fourth-order valence-corrected chi connectivity index (χ4v) is 2.77. The molecular formula is C19H20ClF3N2O2. The summed E-state index contributed by atoms with van der Waals surface area (Å²) >= 11 is 5.90. The van der Waals surface area contributed by atoms with Crippen LogP contribution in [0.15, 0.2) is 36.4 Å². The lowest BCUT2D eigenvalue weighted by atomic mass is 10.1. The van der Waals surface area contributed by atoms with Crippen LogP contribution >= 0.6 is 11.6 Å². The van der Waals surface area contributed by atoms with Crippen molar-refractivity contribution < 1.29 is 22.7 Å². The van der Waals surface area contributed by atoms with Crippen LogP contribution in [0.25, 0.3) is 0 Å². The smallest absolute Gasteiger partial charge is 0.416 e. The molecule has 146 valence electrons. The first kappa shape index (κ1) is 21.1. The van der Waals surface area contributed by atoms with E-state index in [0.717, 1.165) is 29.3 Å². The third-order valence-corrected chi connectivity index (χ3v) is 4.19. The summed E-state index contributed by atoms with van der Waals surface area (Å²) in [6.07, 6.45) is -4.51. The Morgan fingerprint density at radius 2 is 1.93 bits per heavy atom. The number of amides is 1. The number of nitrogens with one attached hydrogen (secondary N) is 1. The van der Waals surface area contributed by atoms with Crippen molar-refractivity contribution in [2.75, 3.05) is 26.0 Å². The largest absolute Gasteiger partial charge is 0.496 e. The van der Waals surface area contributed by atoms with Gasteiger partial charge in [-0.05, 0) is 38.2 Å². The second kappa shape index (κ2) is 8.63. The van der Waals surface area contributed by atoms with Gasteiger partial charge in [-0.15, -0.1) is 0 Å². The predicted octanol–water partition coefficient (Wildman–Crippen LogP) is 4.75. The average Bonchev–Trinajstić information content (AvgIpc) is 2.55. The molecule has 0 heterocycles. The van der Waals surface area contributed by atoms with Crippen LogP contribution in [0.1, 0.15) is 16.7 Å². The summed E-state index contributed by atoms with van der Waals surface area (Å²) in [5, 5.41) is 2.48. The molecule has 0 aliphatic rings. The normalized spacial score (nSPS) is 11.6. The number of likely N-dealkylation sites (N-methyl/N-ethyl adjacent to an activating group) is 1. The van der Waals surface area contributed by atoms with Crippen LogP contribution in [0.2, 0.25) is 5.02 Å². The summed E-state index contributed by atoms with van der Waals surface area (Å²) in [5.74, 6) is 0.235. The number of rotatable bonds is 6. The van der Waals surface area contributed by atoms with Gasteiger partial charge >= 0.3 is 6.18 Å². The molecule has 0 saturated heterocycles. The Bertz CT molecular complexity index is 825. The first-order valence-corrected chi connectivity index (χ1v) is 8.46. The van der Waals surface area contributed by atoms with Crippen molar-refractivity contribution in [3.63, 3.8) is 0 Å². The molecule has 27 heavy (non-hydrogen) atoms. The Morgan fingerprint density at radius 1 is 1.22 bits per heavy atom. The maximum atomic E-state index is 12.8. The molecule has 4 nitrogen and oxygen atoms in total. The first-order chi connectivity index (χ1) is 12.6. The molecule has 2 aromatic carbocycles. The van der Waals surface area contributed by atoms with E-state index >= 15 is 0 Å². The van der Waals surface area contributed by atoms with Crippen LogP contribution in [-0.2, 0) is 17.5 Å². The van der Waals surface area contributed by atoms with E-state index in [2.05, 4.69) is 5.32 Å². The van der Waals surface area contributed by atoms with E-state index in [1.165, 1.54) is 0 Å². The van der Waals surface area contributed by atoms with E-state index in [9.17, 15) is 18.0 Å². The molecule has 8 heteroatoms. The lowest BCUT2D eigenvalue weighted by Crippen LogP contribution is -2.30. The summed E-state index contributed by atoms with van der Waals surface area (Å²) in [6, 6.07) is 8.53. The van der Waals surface area contributed by atoms with Crippen molar-refractivity contribution in [2.24, 2.45) is 0 Å². The first-order valence-electron chi connectivity index (χ1n) is 8.09. The van der Waals surface area contributed by atoms with Crippen molar-refractivity contribution in [3.8, 4) is 5.75 Å². The lowest BCUT2D eigenvalue weighted by Gasteiger charge is -2.19. The Labute approximate surface area is 160 Å². The van der Waals surface area contributed by atoms with E-state index in [4.69, 9.17) is 16.3 Å². The van der Waals surface area contributed by atoms with Gasteiger partial charge in [-0.3, -0.25) is 9.69 Å². The third kappa shape index (κ3) is 5.87. The van der Waals surface area contributed by atoms with Gasteiger partial charge in [0.15, 0.2) is 0 Å². The molecular weight excluding hydrogens is 381 g/mol. The molecule has 2 aromatic rings. The third-order valence-electron chi connectivity index (χ3n) is 3.86. The van der Waals surface area contributed by atoms with Gasteiger partial charge in [-0.2, -0.15) is 13.2 Å². The molecule has 0 saturated carbocycles. The second-order valence-corrected chi connectivity index (χ2v) is 6.64. The molecule has 2 rings (SSSR count). The minimum atomic E-state index is -4.51. The second-order valence-electron chi connectivity index (χ2n) is 6.23. The average molecular weight is 401 g/mol. The van der Waals surface area contributed by atoms with E-state index in [1.807, 2.05) is 25.1 Å². The highest BCUT2D eigenvalue weighted by atomic mass is 35.5. The summed E-state index contributed by atoms with van der Waals surface area (Å²) in [7, 11) is 3.30. The maximum Gasteiger partial charge on any atom is 0.416 e. The number of anilines is 1. The minimum Gasteiger partial charge on any atom is -0.496 e. The number of nitrogens with zero attached hydrogens (tertiary/aromatic N) is 1. The topological polar surface area (TPSA) is 41.6 Å². The van der Waals surface area contributed by atoms with Crippen molar-refractivity contribution in [2.45, 2.75) is 19.6 Å². The fourth-order valence-electron chi connectivity index (χ4n) is 2.61. The van der Waals surface area contributed by atoms with Crippen molar-refractivity contribution >= 4 is 23.2 Å². The molecule has 0 atom stereocenters. The highest BCUT2D eigenvalue weighted by Crippen LogP contribution is 2.33. The van der Waals surface area contributed by atoms with Gasteiger partial charge in [0.05, 0.1) is 29.9 Å². The van der Waals surface area contributed by atoms with Crippen LogP contribution in [0.4, 0.5) is 18.9 Å². The summed E-state index contributed by atoms with van der Waals surface area (Å²) < 4.78 is 43.8.